The maximum Gasteiger partial charge on any atom is 0.271 e. The summed E-state index contributed by atoms with van der Waals surface area (Å²) in [6.07, 6.45) is 1.07. The normalized spacial score (nSPS) is 15.6. The molecule has 5 nitrogen and oxygen atoms in total. The largest absolute Gasteiger partial charge is 0.387 e. The smallest absolute Gasteiger partial charge is 0.271 e. The first kappa shape index (κ1) is 14.6. The summed E-state index contributed by atoms with van der Waals surface area (Å²) in [6, 6.07) is 4.81. The van der Waals surface area contributed by atoms with Crippen LogP contribution in [0.3, 0.4) is 0 Å². The van der Waals surface area contributed by atoms with E-state index in [9.17, 15) is 18.7 Å². The third-order valence-electron chi connectivity index (χ3n) is 3.63. The fraction of sp³-hybridized carbons (Fsp3) is 0.333. The van der Waals surface area contributed by atoms with Crippen LogP contribution in [0.5, 0.6) is 0 Å². The van der Waals surface area contributed by atoms with Crippen LogP contribution >= 0.6 is 0 Å². The lowest BCUT2D eigenvalue weighted by Gasteiger charge is -2.11. The van der Waals surface area contributed by atoms with Crippen LogP contribution in [0.15, 0.2) is 24.3 Å². The summed E-state index contributed by atoms with van der Waals surface area (Å²) in [4.78, 5) is 11.9. The Morgan fingerprint density at radius 1 is 1.36 bits per heavy atom. The van der Waals surface area contributed by atoms with Crippen molar-refractivity contribution in [2.75, 3.05) is 6.54 Å². The molecule has 1 atom stereocenters. The van der Waals surface area contributed by atoms with E-state index in [0.717, 1.165) is 30.7 Å². The molecule has 2 aromatic rings. The number of halogens is 2. The second-order valence-corrected chi connectivity index (χ2v) is 5.38. The number of aromatic amines is 1. The van der Waals surface area contributed by atoms with Crippen molar-refractivity contribution in [3.8, 4) is 0 Å². The molecule has 22 heavy (non-hydrogen) atoms. The van der Waals surface area contributed by atoms with E-state index in [0.29, 0.717) is 5.92 Å². The van der Waals surface area contributed by atoms with Gasteiger partial charge in [-0.2, -0.15) is 5.10 Å². The number of rotatable bonds is 5. The molecule has 1 aliphatic rings. The van der Waals surface area contributed by atoms with E-state index in [2.05, 4.69) is 15.5 Å². The minimum atomic E-state index is -1.12. The van der Waals surface area contributed by atoms with Gasteiger partial charge in [-0.05, 0) is 36.6 Å². The van der Waals surface area contributed by atoms with Gasteiger partial charge in [0.1, 0.15) is 5.69 Å². The van der Waals surface area contributed by atoms with Crippen molar-refractivity contribution in [2.24, 2.45) is 0 Å². The predicted molar refractivity (Wildman–Crippen MR) is 74.2 cm³/mol. The van der Waals surface area contributed by atoms with Gasteiger partial charge in [-0.1, -0.05) is 6.07 Å². The highest BCUT2D eigenvalue weighted by atomic mass is 19.2. The van der Waals surface area contributed by atoms with E-state index in [1.807, 2.05) is 0 Å². The van der Waals surface area contributed by atoms with Gasteiger partial charge in [0.15, 0.2) is 11.6 Å². The van der Waals surface area contributed by atoms with Gasteiger partial charge in [-0.15, -0.1) is 0 Å². The third kappa shape index (κ3) is 3.14. The van der Waals surface area contributed by atoms with Crippen LogP contribution in [0, 0.1) is 11.6 Å². The number of aromatic nitrogens is 2. The summed E-state index contributed by atoms with van der Waals surface area (Å²) in [5, 5.41) is 19.2. The summed E-state index contributed by atoms with van der Waals surface area (Å²) in [5.41, 5.74) is 1.38. The molecule has 1 unspecified atom stereocenters. The van der Waals surface area contributed by atoms with Crippen molar-refractivity contribution in [1.29, 1.82) is 0 Å². The summed E-state index contributed by atoms with van der Waals surface area (Å²) < 4.78 is 25.9. The van der Waals surface area contributed by atoms with Crippen molar-refractivity contribution in [3.05, 3.63) is 52.9 Å². The second kappa shape index (κ2) is 5.84. The van der Waals surface area contributed by atoms with Gasteiger partial charge in [0.2, 0.25) is 0 Å². The molecule has 3 N–H and O–H groups in total. The quantitative estimate of drug-likeness (QED) is 0.791. The number of benzene rings is 1. The van der Waals surface area contributed by atoms with Crippen LogP contribution in [-0.2, 0) is 0 Å². The van der Waals surface area contributed by atoms with Crippen LogP contribution in [0.25, 0.3) is 0 Å². The monoisotopic (exact) mass is 307 g/mol. The van der Waals surface area contributed by atoms with Crippen molar-refractivity contribution in [1.82, 2.24) is 15.5 Å². The molecule has 1 amide bonds. The van der Waals surface area contributed by atoms with Gasteiger partial charge in [0, 0.05) is 18.2 Å². The zero-order valence-corrected chi connectivity index (χ0v) is 11.6. The van der Waals surface area contributed by atoms with Crippen LogP contribution < -0.4 is 5.32 Å². The lowest BCUT2D eigenvalue weighted by molar-refractivity contribution is 0.0911. The van der Waals surface area contributed by atoms with E-state index < -0.39 is 23.6 Å². The number of aliphatic hydroxyl groups excluding tert-OH is 1. The lowest BCUT2D eigenvalue weighted by atomic mass is 10.1. The Balaban J connectivity index is 1.58. The minimum Gasteiger partial charge on any atom is -0.387 e. The molecule has 1 fully saturated rings. The fourth-order valence-electron chi connectivity index (χ4n) is 2.17. The summed E-state index contributed by atoms with van der Waals surface area (Å²) >= 11 is 0. The van der Waals surface area contributed by atoms with Gasteiger partial charge < -0.3 is 10.4 Å². The van der Waals surface area contributed by atoms with Crippen molar-refractivity contribution in [3.63, 3.8) is 0 Å². The summed E-state index contributed by atoms with van der Waals surface area (Å²) in [5.74, 6) is -1.99. The van der Waals surface area contributed by atoms with Crippen LogP contribution in [0.4, 0.5) is 8.78 Å². The average Bonchev–Trinajstić information content (AvgIpc) is 3.24. The molecular weight excluding hydrogens is 292 g/mol. The average molecular weight is 307 g/mol. The number of aliphatic hydroxyl groups is 1. The van der Waals surface area contributed by atoms with Gasteiger partial charge in [0.05, 0.1) is 6.10 Å². The number of hydrogen-bond acceptors (Lipinski definition) is 3. The highest BCUT2D eigenvalue weighted by Crippen LogP contribution is 2.38. The highest BCUT2D eigenvalue weighted by molar-refractivity contribution is 5.92. The molecular formula is C15H15F2N3O2. The Kier molecular flexibility index (Phi) is 3.89. The Morgan fingerprint density at radius 2 is 2.14 bits per heavy atom. The highest BCUT2D eigenvalue weighted by Gasteiger charge is 2.26. The Bertz CT molecular complexity index is 698. The minimum absolute atomic E-state index is 0.116. The van der Waals surface area contributed by atoms with Crippen molar-refractivity contribution < 1.29 is 18.7 Å². The van der Waals surface area contributed by atoms with Crippen LogP contribution in [0.1, 0.15) is 46.6 Å². The van der Waals surface area contributed by atoms with E-state index in [4.69, 9.17) is 0 Å². The Morgan fingerprint density at radius 3 is 2.82 bits per heavy atom. The summed E-state index contributed by atoms with van der Waals surface area (Å²) in [6.45, 7) is -0.116. The van der Waals surface area contributed by atoms with E-state index in [1.54, 1.807) is 6.07 Å². The number of hydrogen-bond donors (Lipinski definition) is 3. The summed E-state index contributed by atoms with van der Waals surface area (Å²) in [7, 11) is 0. The predicted octanol–water partition coefficient (Wildman–Crippen LogP) is 2.03. The molecule has 3 rings (SSSR count). The molecule has 0 aliphatic heterocycles. The number of carbonyl (C=O) groups excluding carboxylic acids is 1. The van der Waals surface area contributed by atoms with Crippen molar-refractivity contribution in [2.45, 2.75) is 24.9 Å². The molecule has 0 radical (unpaired) electrons. The molecule has 1 saturated carbocycles. The Labute approximate surface area is 125 Å². The molecule has 0 bridgehead atoms. The van der Waals surface area contributed by atoms with Gasteiger partial charge in [-0.3, -0.25) is 9.89 Å². The number of carbonyl (C=O) groups is 1. The number of nitrogens with one attached hydrogen (secondary N) is 2. The van der Waals surface area contributed by atoms with Gasteiger partial charge in [-0.25, -0.2) is 8.78 Å². The Hall–Kier alpha value is -2.28. The molecule has 1 aromatic carbocycles. The second-order valence-electron chi connectivity index (χ2n) is 5.38. The first-order valence-electron chi connectivity index (χ1n) is 7.01. The molecule has 7 heteroatoms. The lowest BCUT2D eigenvalue weighted by Crippen LogP contribution is -2.28. The molecule has 1 heterocycles. The molecule has 1 aromatic heterocycles. The first-order chi connectivity index (χ1) is 10.5. The standard InChI is InChI=1S/C15H15F2N3O2/c16-10-4-3-9(5-11(10)17)14(21)7-18-15(22)13-6-12(19-20-13)8-1-2-8/h3-6,8,14,21H,1-2,7H2,(H,18,22)(H,19,20). The first-order valence-corrected chi connectivity index (χ1v) is 7.01. The van der Waals surface area contributed by atoms with Crippen LogP contribution in [0.2, 0.25) is 0 Å². The van der Waals surface area contributed by atoms with Crippen molar-refractivity contribution >= 4 is 5.91 Å². The molecule has 0 spiro atoms. The fourth-order valence-corrected chi connectivity index (χ4v) is 2.17. The van der Waals surface area contributed by atoms with E-state index in [-0.39, 0.29) is 17.8 Å². The maximum atomic E-state index is 13.1. The number of amides is 1. The molecule has 1 aliphatic carbocycles. The van der Waals surface area contributed by atoms with Gasteiger partial charge >= 0.3 is 0 Å². The van der Waals surface area contributed by atoms with E-state index >= 15 is 0 Å². The van der Waals surface area contributed by atoms with Gasteiger partial charge in [0.25, 0.3) is 5.91 Å². The van der Waals surface area contributed by atoms with E-state index in [1.165, 1.54) is 6.07 Å². The molecule has 0 saturated heterocycles. The topological polar surface area (TPSA) is 78.0 Å². The number of H-pyrrole nitrogens is 1. The maximum absolute atomic E-state index is 13.1. The molecule has 116 valence electrons. The zero-order chi connectivity index (χ0) is 15.7. The van der Waals surface area contributed by atoms with Crippen LogP contribution in [-0.4, -0.2) is 27.8 Å². The SMILES string of the molecule is O=C(NCC(O)c1ccc(F)c(F)c1)c1cc(C2CC2)[nH]n1. The number of nitrogens with zero attached hydrogens (tertiary/aromatic N) is 1. The zero-order valence-electron chi connectivity index (χ0n) is 11.6. The third-order valence-corrected chi connectivity index (χ3v) is 3.63.